The van der Waals surface area contributed by atoms with Crippen LogP contribution in [-0.4, -0.2) is 41.5 Å². The molecule has 2 rings (SSSR count). The van der Waals surface area contributed by atoms with Gasteiger partial charge >= 0.3 is 0 Å². The van der Waals surface area contributed by atoms with Crippen LogP contribution in [0.25, 0.3) is 0 Å². The molecule has 0 bridgehead atoms. The maximum absolute atomic E-state index is 11.9. The van der Waals surface area contributed by atoms with Crippen LogP contribution in [0.1, 0.15) is 17.0 Å². The second-order valence-electron chi connectivity index (χ2n) is 5.54. The Kier molecular flexibility index (Phi) is 6.31. The monoisotopic (exact) mass is 359 g/mol. The number of aromatic nitrogens is 2. The number of carbonyl (C=O) groups excluding carboxylic acids is 2. The van der Waals surface area contributed by atoms with Gasteiger partial charge in [0.25, 0.3) is 11.8 Å². The van der Waals surface area contributed by atoms with Crippen LogP contribution in [0.5, 0.6) is 11.5 Å². The van der Waals surface area contributed by atoms with E-state index in [0.29, 0.717) is 17.1 Å². The largest absolute Gasteiger partial charge is 0.493 e. The average Bonchev–Trinajstić information content (AvgIpc) is 2.90. The molecule has 1 heterocycles. The number of aryl methyl sites for hydroxylation is 2. The topological polar surface area (TPSA) is 121 Å². The van der Waals surface area contributed by atoms with E-state index in [0.717, 1.165) is 11.4 Å². The SMILES string of the molecule is COc1cc(C=NNC(=O)Cn2nc(C)cc2C)ccc1OCC(N)=O. The maximum Gasteiger partial charge on any atom is 0.261 e. The number of primary amides is 1. The minimum Gasteiger partial charge on any atom is -0.493 e. The van der Waals surface area contributed by atoms with Crippen LogP contribution in [0.4, 0.5) is 0 Å². The van der Waals surface area contributed by atoms with Gasteiger partial charge < -0.3 is 15.2 Å². The van der Waals surface area contributed by atoms with Gasteiger partial charge in [-0.25, -0.2) is 5.43 Å². The van der Waals surface area contributed by atoms with E-state index in [1.165, 1.54) is 13.3 Å². The Labute approximate surface area is 150 Å². The van der Waals surface area contributed by atoms with Gasteiger partial charge in [0.15, 0.2) is 18.1 Å². The van der Waals surface area contributed by atoms with Gasteiger partial charge in [-0.2, -0.15) is 10.2 Å². The minimum absolute atomic E-state index is 0.0836. The first-order valence-corrected chi connectivity index (χ1v) is 7.81. The van der Waals surface area contributed by atoms with E-state index < -0.39 is 5.91 Å². The Morgan fingerprint density at radius 1 is 1.31 bits per heavy atom. The summed E-state index contributed by atoms with van der Waals surface area (Å²) in [5, 5.41) is 8.14. The highest BCUT2D eigenvalue weighted by Crippen LogP contribution is 2.27. The Morgan fingerprint density at radius 2 is 2.08 bits per heavy atom. The molecule has 0 radical (unpaired) electrons. The van der Waals surface area contributed by atoms with E-state index in [1.54, 1.807) is 22.9 Å². The molecule has 0 saturated carbocycles. The summed E-state index contributed by atoms with van der Waals surface area (Å²) in [7, 11) is 1.48. The number of rotatable bonds is 8. The normalized spacial score (nSPS) is 10.7. The van der Waals surface area contributed by atoms with Gasteiger partial charge in [0.1, 0.15) is 6.54 Å². The van der Waals surface area contributed by atoms with E-state index in [1.807, 2.05) is 19.9 Å². The number of amides is 2. The van der Waals surface area contributed by atoms with Gasteiger partial charge in [-0.05, 0) is 43.7 Å². The first-order valence-electron chi connectivity index (χ1n) is 7.81. The summed E-state index contributed by atoms with van der Waals surface area (Å²) in [4.78, 5) is 22.7. The van der Waals surface area contributed by atoms with Crippen molar-refractivity contribution in [2.24, 2.45) is 10.8 Å². The van der Waals surface area contributed by atoms with Crippen LogP contribution in [0.2, 0.25) is 0 Å². The lowest BCUT2D eigenvalue weighted by atomic mass is 10.2. The number of hydrogen-bond donors (Lipinski definition) is 2. The van der Waals surface area contributed by atoms with Crippen molar-refractivity contribution in [3.63, 3.8) is 0 Å². The number of hydrogen-bond acceptors (Lipinski definition) is 6. The average molecular weight is 359 g/mol. The third-order valence-electron chi connectivity index (χ3n) is 3.36. The third-order valence-corrected chi connectivity index (χ3v) is 3.36. The number of nitrogens with one attached hydrogen (secondary N) is 1. The molecule has 0 saturated heterocycles. The van der Waals surface area contributed by atoms with Gasteiger partial charge in [0, 0.05) is 5.69 Å². The Hall–Kier alpha value is -3.36. The van der Waals surface area contributed by atoms with Crippen molar-refractivity contribution in [2.75, 3.05) is 13.7 Å². The summed E-state index contributed by atoms with van der Waals surface area (Å²) in [5.74, 6) is -0.0648. The molecule has 0 aliphatic rings. The number of hydrazone groups is 1. The van der Waals surface area contributed by atoms with Crippen molar-refractivity contribution in [3.8, 4) is 11.5 Å². The van der Waals surface area contributed by atoms with Crippen molar-refractivity contribution in [1.82, 2.24) is 15.2 Å². The van der Waals surface area contributed by atoms with E-state index >= 15 is 0 Å². The predicted octanol–water partition coefficient (Wildman–Crippen LogP) is 0.523. The van der Waals surface area contributed by atoms with Crippen LogP contribution in [-0.2, 0) is 16.1 Å². The summed E-state index contributed by atoms with van der Waals surface area (Å²) in [6.07, 6.45) is 1.47. The molecule has 3 N–H and O–H groups in total. The molecule has 26 heavy (non-hydrogen) atoms. The summed E-state index contributed by atoms with van der Waals surface area (Å²) in [6, 6.07) is 6.88. The standard InChI is InChI=1S/C17H21N5O4/c1-11-6-12(2)22(21-11)9-17(24)20-19-8-13-4-5-14(15(7-13)25-3)26-10-16(18)23/h4-8H,9-10H2,1-3H3,(H2,18,23)(H,20,24). The summed E-state index contributed by atoms with van der Waals surface area (Å²) in [5.41, 5.74) is 9.93. The fourth-order valence-corrected chi connectivity index (χ4v) is 2.22. The first-order chi connectivity index (χ1) is 12.4. The van der Waals surface area contributed by atoms with Crippen LogP contribution < -0.4 is 20.6 Å². The molecule has 1 aromatic heterocycles. The van der Waals surface area contributed by atoms with Gasteiger partial charge in [0.05, 0.1) is 19.0 Å². The zero-order valence-electron chi connectivity index (χ0n) is 14.9. The molecule has 0 spiro atoms. The Bertz CT molecular complexity index is 829. The molecule has 0 aliphatic heterocycles. The van der Waals surface area contributed by atoms with Crippen molar-refractivity contribution in [3.05, 3.63) is 41.2 Å². The highest BCUT2D eigenvalue weighted by atomic mass is 16.5. The molecule has 9 nitrogen and oxygen atoms in total. The second-order valence-corrected chi connectivity index (χ2v) is 5.54. The smallest absolute Gasteiger partial charge is 0.261 e. The lowest BCUT2D eigenvalue weighted by Crippen LogP contribution is -2.24. The fourth-order valence-electron chi connectivity index (χ4n) is 2.22. The molecular weight excluding hydrogens is 338 g/mol. The molecule has 2 amide bonds. The minimum atomic E-state index is -0.581. The fraction of sp³-hybridized carbons (Fsp3) is 0.294. The van der Waals surface area contributed by atoms with E-state index in [4.69, 9.17) is 15.2 Å². The summed E-state index contributed by atoms with van der Waals surface area (Å²) in [6.45, 7) is 3.58. The number of nitrogens with zero attached hydrogens (tertiary/aromatic N) is 3. The molecule has 0 unspecified atom stereocenters. The molecule has 2 aromatic rings. The summed E-state index contributed by atoms with van der Waals surface area (Å²) >= 11 is 0. The Morgan fingerprint density at radius 3 is 2.69 bits per heavy atom. The molecule has 0 aliphatic carbocycles. The van der Waals surface area contributed by atoms with Crippen LogP contribution in [0, 0.1) is 13.8 Å². The second kappa shape index (κ2) is 8.65. The van der Waals surface area contributed by atoms with E-state index in [-0.39, 0.29) is 19.1 Å². The van der Waals surface area contributed by atoms with Gasteiger partial charge in [-0.3, -0.25) is 14.3 Å². The maximum atomic E-state index is 11.9. The lowest BCUT2D eigenvalue weighted by molar-refractivity contribution is -0.122. The van der Waals surface area contributed by atoms with Crippen LogP contribution in [0.15, 0.2) is 29.4 Å². The molecule has 0 atom stereocenters. The van der Waals surface area contributed by atoms with E-state index in [2.05, 4.69) is 15.6 Å². The number of ether oxygens (including phenoxy) is 2. The van der Waals surface area contributed by atoms with Gasteiger partial charge in [0.2, 0.25) is 0 Å². The summed E-state index contributed by atoms with van der Waals surface area (Å²) < 4.78 is 12.1. The highest BCUT2D eigenvalue weighted by Gasteiger charge is 2.08. The molecule has 0 fully saturated rings. The van der Waals surface area contributed by atoms with Crippen LogP contribution >= 0.6 is 0 Å². The highest BCUT2D eigenvalue weighted by molar-refractivity contribution is 5.83. The first kappa shape index (κ1) is 19.0. The van der Waals surface area contributed by atoms with Crippen molar-refractivity contribution < 1.29 is 19.1 Å². The number of benzene rings is 1. The zero-order chi connectivity index (χ0) is 19.1. The molecular formula is C17H21N5O4. The number of methoxy groups -OCH3 is 1. The Balaban J connectivity index is 1.95. The van der Waals surface area contributed by atoms with Gasteiger partial charge in [-0.1, -0.05) is 0 Å². The molecule has 9 heteroatoms. The third kappa shape index (κ3) is 5.33. The van der Waals surface area contributed by atoms with Crippen molar-refractivity contribution in [2.45, 2.75) is 20.4 Å². The molecule has 138 valence electrons. The predicted molar refractivity (Wildman–Crippen MR) is 95.1 cm³/mol. The van der Waals surface area contributed by atoms with Gasteiger partial charge in [-0.15, -0.1) is 0 Å². The molecule has 1 aromatic carbocycles. The van der Waals surface area contributed by atoms with Crippen LogP contribution in [0.3, 0.4) is 0 Å². The zero-order valence-corrected chi connectivity index (χ0v) is 14.9. The lowest BCUT2D eigenvalue weighted by Gasteiger charge is -2.09. The number of nitrogens with two attached hydrogens (primary N) is 1. The number of carbonyl (C=O) groups is 2. The van der Waals surface area contributed by atoms with E-state index in [9.17, 15) is 9.59 Å². The quantitative estimate of drug-likeness (QED) is 0.526. The van der Waals surface area contributed by atoms with Crippen molar-refractivity contribution in [1.29, 1.82) is 0 Å². The van der Waals surface area contributed by atoms with Crippen molar-refractivity contribution >= 4 is 18.0 Å².